The maximum Gasteiger partial charge on any atom is 0.309 e. The molecule has 1 rings (SSSR count). The van der Waals surface area contributed by atoms with Crippen LogP contribution in [0.3, 0.4) is 0 Å². The number of ether oxygens (including phenoxy) is 1. The fourth-order valence-corrected chi connectivity index (χ4v) is 2.41. The van der Waals surface area contributed by atoms with Crippen molar-refractivity contribution in [3.63, 3.8) is 0 Å². The van der Waals surface area contributed by atoms with Gasteiger partial charge in [0.2, 0.25) is 0 Å². The van der Waals surface area contributed by atoms with Gasteiger partial charge in [-0.25, -0.2) is 0 Å². The van der Waals surface area contributed by atoms with Gasteiger partial charge in [0.05, 0.1) is 12.5 Å². The van der Waals surface area contributed by atoms with Crippen molar-refractivity contribution in [1.82, 2.24) is 5.32 Å². The van der Waals surface area contributed by atoms with Crippen LogP contribution < -0.4 is 5.32 Å². The topological polar surface area (TPSA) is 38.3 Å². The van der Waals surface area contributed by atoms with Gasteiger partial charge in [0, 0.05) is 22.8 Å². The van der Waals surface area contributed by atoms with Crippen molar-refractivity contribution in [3.8, 4) is 0 Å². The van der Waals surface area contributed by atoms with Crippen LogP contribution in [0.4, 0.5) is 0 Å². The van der Waals surface area contributed by atoms with Crippen LogP contribution in [0.2, 0.25) is 0 Å². The minimum absolute atomic E-state index is 0.0828. The molecule has 1 aromatic rings. The number of carbonyl (C=O) groups is 1. The number of aryl methyl sites for hydroxylation is 1. The van der Waals surface area contributed by atoms with E-state index in [1.54, 1.807) is 0 Å². The summed E-state index contributed by atoms with van der Waals surface area (Å²) in [6, 6.07) is 4.31. The van der Waals surface area contributed by atoms with E-state index < -0.39 is 0 Å². The second kappa shape index (κ2) is 7.45. The van der Waals surface area contributed by atoms with Gasteiger partial charge in [-0.1, -0.05) is 13.8 Å². The number of hydrogen-bond donors (Lipinski definition) is 1. The quantitative estimate of drug-likeness (QED) is 0.761. The lowest BCUT2D eigenvalue weighted by atomic mass is 10.2. The predicted molar refractivity (Wildman–Crippen MR) is 71.2 cm³/mol. The van der Waals surface area contributed by atoms with Gasteiger partial charge in [-0.15, -0.1) is 11.3 Å². The van der Waals surface area contributed by atoms with E-state index in [1.165, 1.54) is 9.75 Å². The van der Waals surface area contributed by atoms with E-state index >= 15 is 0 Å². The Kier molecular flexibility index (Phi) is 6.22. The van der Waals surface area contributed by atoms with Crippen molar-refractivity contribution < 1.29 is 9.53 Å². The molecule has 0 amide bonds. The molecule has 1 heterocycles. The van der Waals surface area contributed by atoms with Gasteiger partial charge in [0.1, 0.15) is 0 Å². The van der Waals surface area contributed by atoms with Crippen molar-refractivity contribution >= 4 is 17.3 Å². The van der Waals surface area contributed by atoms with E-state index in [2.05, 4.69) is 24.4 Å². The van der Waals surface area contributed by atoms with Gasteiger partial charge in [-0.2, -0.15) is 0 Å². The molecule has 1 unspecified atom stereocenters. The maximum absolute atomic E-state index is 11.4. The molecule has 1 aromatic heterocycles. The van der Waals surface area contributed by atoms with Crippen LogP contribution in [0, 0.1) is 5.92 Å². The summed E-state index contributed by atoms with van der Waals surface area (Å²) < 4.78 is 4.95. The van der Waals surface area contributed by atoms with Crippen LogP contribution in [-0.4, -0.2) is 19.1 Å². The first-order chi connectivity index (χ1) is 8.17. The third-order valence-corrected chi connectivity index (χ3v) is 3.73. The lowest BCUT2D eigenvalue weighted by molar-refractivity contribution is -0.147. The molecule has 0 saturated heterocycles. The van der Waals surface area contributed by atoms with Gasteiger partial charge in [0.25, 0.3) is 0 Å². The van der Waals surface area contributed by atoms with Crippen molar-refractivity contribution in [2.24, 2.45) is 5.92 Å². The molecular weight excluding hydrogens is 234 g/mol. The number of esters is 1. The largest absolute Gasteiger partial charge is 0.466 e. The van der Waals surface area contributed by atoms with Crippen LogP contribution in [-0.2, 0) is 22.5 Å². The molecule has 0 saturated carbocycles. The van der Waals surface area contributed by atoms with Crippen LogP contribution in [0.15, 0.2) is 12.1 Å². The van der Waals surface area contributed by atoms with E-state index in [1.807, 2.05) is 25.2 Å². The predicted octanol–water partition coefficient (Wildman–Crippen LogP) is 2.60. The lowest BCUT2D eigenvalue weighted by Gasteiger charge is -2.10. The van der Waals surface area contributed by atoms with E-state index in [-0.39, 0.29) is 11.9 Å². The molecule has 0 spiro atoms. The average Bonchev–Trinajstić information content (AvgIpc) is 2.77. The molecule has 1 N–H and O–H groups in total. The molecule has 0 bridgehead atoms. The van der Waals surface area contributed by atoms with E-state index in [9.17, 15) is 4.79 Å². The number of carbonyl (C=O) groups excluding carboxylic acids is 1. The minimum Gasteiger partial charge on any atom is -0.466 e. The Morgan fingerprint density at radius 3 is 2.71 bits per heavy atom. The molecule has 0 aliphatic carbocycles. The van der Waals surface area contributed by atoms with Crippen LogP contribution in [0.25, 0.3) is 0 Å². The Morgan fingerprint density at radius 1 is 1.41 bits per heavy atom. The summed E-state index contributed by atoms with van der Waals surface area (Å²) in [5.41, 5.74) is 0. The monoisotopic (exact) mass is 255 g/mol. The third kappa shape index (κ3) is 4.88. The molecule has 0 fully saturated rings. The van der Waals surface area contributed by atoms with Crippen molar-refractivity contribution in [2.75, 3.05) is 13.2 Å². The molecule has 0 aromatic carbocycles. The van der Waals surface area contributed by atoms with Gasteiger partial charge < -0.3 is 10.1 Å². The summed E-state index contributed by atoms with van der Waals surface area (Å²) >= 11 is 1.82. The molecule has 4 heteroatoms. The van der Waals surface area contributed by atoms with Crippen LogP contribution >= 0.6 is 11.3 Å². The molecule has 3 nitrogen and oxygen atoms in total. The highest BCUT2D eigenvalue weighted by atomic mass is 32.1. The van der Waals surface area contributed by atoms with Gasteiger partial charge in [0.15, 0.2) is 0 Å². The Hall–Kier alpha value is -0.870. The smallest absolute Gasteiger partial charge is 0.309 e. The summed E-state index contributed by atoms with van der Waals surface area (Å²) in [7, 11) is 0. The third-order valence-electron chi connectivity index (χ3n) is 2.50. The summed E-state index contributed by atoms with van der Waals surface area (Å²) in [4.78, 5) is 14.1. The second-order valence-electron chi connectivity index (χ2n) is 4.01. The van der Waals surface area contributed by atoms with Crippen molar-refractivity contribution in [2.45, 2.75) is 33.7 Å². The zero-order chi connectivity index (χ0) is 12.7. The first-order valence-electron chi connectivity index (χ1n) is 6.12. The molecule has 0 radical (unpaired) electrons. The van der Waals surface area contributed by atoms with Gasteiger partial charge in [-0.05, 0) is 25.5 Å². The number of nitrogens with one attached hydrogen (secondary N) is 1. The zero-order valence-corrected chi connectivity index (χ0v) is 11.6. The first-order valence-corrected chi connectivity index (χ1v) is 6.94. The van der Waals surface area contributed by atoms with Crippen LogP contribution in [0.5, 0.6) is 0 Å². The molecule has 0 aliphatic rings. The van der Waals surface area contributed by atoms with Gasteiger partial charge >= 0.3 is 5.97 Å². The Labute approximate surface area is 107 Å². The SMILES string of the molecule is CCOC(=O)C(C)CNCc1ccc(CC)s1. The Bertz CT molecular complexity index is 349. The highest BCUT2D eigenvalue weighted by molar-refractivity contribution is 7.11. The number of thiophene rings is 1. The highest BCUT2D eigenvalue weighted by Crippen LogP contribution is 2.16. The Morgan fingerprint density at radius 2 is 2.12 bits per heavy atom. The molecule has 1 atom stereocenters. The lowest BCUT2D eigenvalue weighted by Crippen LogP contribution is -2.27. The first kappa shape index (κ1) is 14.2. The molecule has 96 valence electrons. The average molecular weight is 255 g/mol. The standard InChI is InChI=1S/C13H21NO2S/c1-4-11-6-7-12(17-11)9-14-8-10(3)13(15)16-5-2/h6-7,10,14H,4-5,8-9H2,1-3H3. The second-order valence-corrected chi connectivity index (χ2v) is 5.26. The Balaban J connectivity index is 2.25. The number of hydrogen-bond acceptors (Lipinski definition) is 4. The van der Waals surface area contributed by atoms with Gasteiger partial charge in [-0.3, -0.25) is 4.79 Å². The summed E-state index contributed by atoms with van der Waals surface area (Å²) in [5.74, 6) is -0.207. The van der Waals surface area contributed by atoms with E-state index in [0.717, 1.165) is 13.0 Å². The zero-order valence-electron chi connectivity index (χ0n) is 10.8. The fraction of sp³-hybridized carbons (Fsp3) is 0.615. The molecular formula is C13H21NO2S. The molecule has 17 heavy (non-hydrogen) atoms. The minimum atomic E-state index is -0.125. The maximum atomic E-state index is 11.4. The highest BCUT2D eigenvalue weighted by Gasteiger charge is 2.12. The summed E-state index contributed by atoms with van der Waals surface area (Å²) in [5, 5.41) is 3.29. The number of rotatable bonds is 7. The van der Waals surface area contributed by atoms with Crippen LogP contribution in [0.1, 0.15) is 30.5 Å². The van der Waals surface area contributed by atoms with Crippen molar-refractivity contribution in [1.29, 1.82) is 0 Å². The summed E-state index contributed by atoms with van der Waals surface area (Å²) in [6.07, 6.45) is 1.09. The van der Waals surface area contributed by atoms with Crippen molar-refractivity contribution in [3.05, 3.63) is 21.9 Å². The fourth-order valence-electron chi connectivity index (χ4n) is 1.49. The summed E-state index contributed by atoms with van der Waals surface area (Å²) in [6.45, 7) is 7.82. The normalized spacial score (nSPS) is 12.4. The molecule has 0 aliphatic heterocycles. The van der Waals surface area contributed by atoms with E-state index in [0.29, 0.717) is 13.2 Å². The van der Waals surface area contributed by atoms with E-state index in [4.69, 9.17) is 4.74 Å².